The quantitative estimate of drug-likeness (QED) is 0.491. The predicted octanol–water partition coefficient (Wildman–Crippen LogP) is 4.09. The molecule has 0 radical (unpaired) electrons. The number of anilines is 2. The summed E-state index contributed by atoms with van der Waals surface area (Å²) in [5, 5.41) is 3.15. The summed E-state index contributed by atoms with van der Waals surface area (Å²) in [6.45, 7) is 1.96. The fourth-order valence-electron chi connectivity index (χ4n) is 3.22. The normalized spacial score (nSPS) is 10.8. The number of aromatic nitrogens is 4. The third kappa shape index (κ3) is 4.61. The third-order valence-corrected chi connectivity index (χ3v) is 4.80. The molecule has 2 aromatic carbocycles. The zero-order valence-electron chi connectivity index (χ0n) is 17.3. The minimum atomic E-state index is -0.692. The van der Waals surface area contributed by atoms with Crippen LogP contribution in [0.15, 0.2) is 66.0 Å². The van der Waals surface area contributed by atoms with Crippen molar-refractivity contribution in [3.63, 3.8) is 0 Å². The number of nitrogens with zero attached hydrogens (tertiary/aromatic N) is 4. The Labute approximate surface area is 182 Å². The molecule has 0 saturated carbocycles. The van der Waals surface area contributed by atoms with Gasteiger partial charge in [0.15, 0.2) is 0 Å². The van der Waals surface area contributed by atoms with Crippen molar-refractivity contribution in [2.24, 2.45) is 0 Å². The van der Waals surface area contributed by atoms with Crippen molar-refractivity contribution in [1.82, 2.24) is 19.5 Å². The van der Waals surface area contributed by atoms with Crippen LogP contribution in [0.2, 0.25) is 0 Å². The lowest BCUT2D eigenvalue weighted by Gasteiger charge is -2.17. The molecule has 7 nitrogen and oxygen atoms in total. The summed E-state index contributed by atoms with van der Waals surface area (Å²) in [6, 6.07) is 8.92. The molecule has 9 heteroatoms. The Morgan fingerprint density at radius 3 is 2.56 bits per heavy atom. The fraction of sp³-hybridized carbons (Fsp3) is 0.130. The first kappa shape index (κ1) is 21.1. The third-order valence-electron chi connectivity index (χ3n) is 4.80. The van der Waals surface area contributed by atoms with E-state index in [-0.39, 0.29) is 18.2 Å². The van der Waals surface area contributed by atoms with Gasteiger partial charge in [-0.3, -0.25) is 14.8 Å². The number of aryl methyl sites for hydroxylation is 1. The van der Waals surface area contributed by atoms with Crippen LogP contribution < -0.4 is 15.6 Å². The number of methoxy groups -OCH3 is 1. The minimum Gasteiger partial charge on any atom is -0.490 e. The largest absolute Gasteiger partial charge is 0.490 e. The number of hydrogen-bond acceptors (Lipinski definition) is 6. The lowest BCUT2D eigenvalue weighted by Crippen LogP contribution is -2.19. The lowest BCUT2D eigenvalue weighted by atomic mass is 10.1. The topological polar surface area (TPSA) is 81.9 Å². The second-order valence-corrected chi connectivity index (χ2v) is 7.09. The van der Waals surface area contributed by atoms with Gasteiger partial charge >= 0.3 is 5.56 Å². The molecule has 2 heterocycles. The number of ether oxygens (including phenoxy) is 1. The van der Waals surface area contributed by atoms with Gasteiger partial charge in [-0.1, -0.05) is 12.1 Å². The molecule has 0 unspecified atom stereocenters. The first-order valence-corrected chi connectivity index (χ1v) is 9.67. The van der Waals surface area contributed by atoms with Crippen molar-refractivity contribution in [3.8, 4) is 17.0 Å². The van der Waals surface area contributed by atoms with Gasteiger partial charge in [-0.15, -0.1) is 0 Å². The Balaban J connectivity index is 1.75. The molecule has 0 saturated heterocycles. The fourth-order valence-corrected chi connectivity index (χ4v) is 3.22. The highest BCUT2D eigenvalue weighted by molar-refractivity contribution is 5.69. The van der Waals surface area contributed by atoms with Crippen molar-refractivity contribution in [2.45, 2.75) is 13.5 Å². The molecule has 0 spiro atoms. The molecule has 0 aliphatic rings. The molecule has 0 aliphatic carbocycles. The Bertz CT molecular complexity index is 1310. The summed E-state index contributed by atoms with van der Waals surface area (Å²) < 4.78 is 34.0. The van der Waals surface area contributed by atoms with Crippen molar-refractivity contribution in [1.29, 1.82) is 0 Å². The summed E-state index contributed by atoms with van der Waals surface area (Å²) in [4.78, 5) is 24.8. The van der Waals surface area contributed by atoms with Crippen LogP contribution in [-0.2, 0) is 6.54 Å². The Hall–Kier alpha value is -4.14. The van der Waals surface area contributed by atoms with Crippen molar-refractivity contribution in [3.05, 3.63) is 94.3 Å². The van der Waals surface area contributed by atoms with E-state index >= 15 is 0 Å². The van der Waals surface area contributed by atoms with E-state index in [2.05, 4.69) is 20.3 Å². The number of hydrogen-bond donors (Lipinski definition) is 1. The van der Waals surface area contributed by atoms with Gasteiger partial charge < -0.3 is 14.6 Å². The molecule has 4 rings (SSSR count). The van der Waals surface area contributed by atoms with Gasteiger partial charge in [0, 0.05) is 29.7 Å². The summed E-state index contributed by atoms with van der Waals surface area (Å²) in [5.41, 5.74) is 2.88. The van der Waals surface area contributed by atoms with Crippen molar-refractivity contribution < 1.29 is 13.5 Å². The maximum absolute atomic E-state index is 13.7. The van der Waals surface area contributed by atoms with Crippen LogP contribution in [0.25, 0.3) is 11.3 Å². The first-order chi connectivity index (χ1) is 15.4. The van der Waals surface area contributed by atoms with Crippen molar-refractivity contribution >= 4 is 11.6 Å². The number of nitrogens with one attached hydrogen (secondary N) is 1. The van der Waals surface area contributed by atoms with E-state index in [4.69, 9.17) is 4.74 Å². The van der Waals surface area contributed by atoms with Gasteiger partial charge in [0.1, 0.15) is 11.6 Å². The average molecular weight is 435 g/mol. The van der Waals surface area contributed by atoms with Gasteiger partial charge in [0.2, 0.25) is 11.7 Å². The number of benzene rings is 2. The molecule has 162 valence electrons. The van der Waals surface area contributed by atoms with E-state index < -0.39 is 17.2 Å². The van der Waals surface area contributed by atoms with Crippen molar-refractivity contribution in [2.75, 3.05) is 12.4 Å². The lowest BCUT2D eigenvalue weighted by molar-refractivity contribution is 0.402. The summed E-state index contributed by atoms with van der Waals surface area (Å²) in [5.74, 6) is -1.18. The van der Waals surface area contributed by atoms with Crippen LogP contribution in [0.4, 0.5) is 20.4 Å². The Kier molecular flexibility index (Phi) is 5.89. The maximum atomic E-state index is 13.7. The molecule has 0 amide bonds. The Morgan fingerprint density at radius 1 is 1.09 bits per heavy atom. The van der Waals surface area contributed by atoms with E-state index in [0.717, 1.165) is 17.2 Å². The predicted molar refractivity (Wildman–Crippen MR) is 116 cm³/mol. The monoisotopic (exact) mass is 435 g/mol. The maximum Gasteiger partial charge on any atom is 0.316 e. The number of rotatable bonds is 6. The van der Waals surface area contributed by atoms with Gasteiger partial charge in [0.05, 0.1) is 31.7 Å². The van der Waals surface area contributed by atoms with Gasteiger partial charge in [-0.05, 0) is 36.2 Å². The second-order valence-electron chi connectivity index (χ2n) is 7.09. The molecule has 4 aromatic rings. The molecule has 1 N–H and O–H groups in total. The van der Waals surface area contributed by atoms with E-state index in [1.165, 1.54) is 25.4 Å². The van der Waals surface area contributed by atoms with E-state index in [0.29, 0.717) is 16.9 Å². The van der Waals surface area contributed by atoms with Crippen LogP contribution in [0.5, 0.6) is 5.75 Å². The highest BCUT2D eigenvalue weighted by Gasteiger charge is 2.13. The molecule has 0 aliphatic heterocycles. The standard InChI is InChI=1S/C23H19F2N5O2/c1-14-3-4-16(20-11-26-5-6-27-20)9-19(14)28-23-29-22(31)21(32-2)13-30(23)12-15-7-17(24)10-18(25)8-15/h3-11,13H,12H2,1-2H3,(H,28,29,31). The van der Waals surface area contributed by atoms with E-state index in [1.54, 1.807) is 23.2 Å². The highest BCUT2D eigenvalue weighted by atomic mass is 19.1. The summed E-state index contributed by atoms with van der Waals surface area (Å²) in [6.07, 6.45) is 6.28. The van der Waals surface area contributed by atoms with E-state index in [9.17, 15) is 13.6 Å². The molecule has 0 fully saturated rings. The average Bonchev–Trinajstić information content (AvgIpc) is 2.77. The SMILES string of the molecule is COc1cn(Cc2cc(F)cc(F)c2)c(Nc2cc(-c3cnccn3)ccc2C)nc1=O. The minimum absolute atomic E-state index is 0.0115. The van der Waals surface area contributed by atoms with Crippen LogP contribution >= 0.6 is 0 Å². The van der Waals surface area contributed by atoms with Gasteiger partial charge in [0.25, 0.3) is 0 Å². The smallest absolute Gasteiger partial charge is 0.316 e. The van der Waals surface area contributed by atoms with E-state index in [1.807, 2.05) is 25.1 Å². The molecule has 0 atom stereocenters. The molecular formula is C23H19F2N5O2. The van der Waals surface area contributed by atoms with Crippen LogP contribution in [0.3, 0.4) is 0 Å². The molecule has 2 aromatic heterocycles. The van der Waals surface area contributed by atoms with Gasteiger partial charge in [-0.25, -0.2) is 8.78 Å². The number of halogens is 2. The zero-order valence-corrected chi connectivity index (χ0v) is 17.3. The van der Waals surface area contributed by atoms with Crippen LogP contribution in [-0.4, -0.2) is 26.6 Å². The summed E-state index contributed by atoms with van der Waals surface area (Å²) in [7, 11) is 1.35. The molecular weight excluding hydrogens is 416 g/mol. The molecule has 0 bridgehead atoms. The zero-order chi connectivity index (χ0) is 22.7. The molecule has 32 heavy (non-hydrogen) atoms. The second kappa shape index (κ2) is 8.93. The Morgan fingerprint density at radius 2 is 1.88 bits per heavy atom. The highest BCUT2D eigenvalue weighted by Crippen LogP contribution is 2.26. The van der Waals surface area contributed by atoms with Crippen LogP contribution in [0, 0.1) is 18.6 Å². The first-order valence-electron chi connectivity index (χ1n) is 9.67. The summed E-state index contributed by atoms with van der Waals surface area (Å²) >= 11 is 0. The van der Waals surface area contributed by atoms with Crippen LogP contribution in [0.1, 0.15) is 11.1 Å². The van der Waals surface area contributed by atoms with Gasteiger partial charge in [-0.2, -0.15) is 4.98 Å².